The van der Waals surface area contributed by atoms with Crippen LogP contribution in [0, 0.1) is 0 Å². The molecule has 0 unspecified atom stereocenters. The SMILES string of the molecule is CC(=O)OC1(CN2CCOCC2)CCCC1. The number of rotatable bonds is 3. The summed E-state index contributed by atoms with van der Waals surface area (Å²) in [6, 6.07) is 0. The van der Waals surface area contributed by atoms with Crippen LogP contribution in [0.5, 0.6) is 0 Å². The Labute approximate surface area is 96.9 Å². The van der Waals surface area contributed by atoms with E-state index in [1.807, 2.05) is 0 Å². The van der Waals surface area contributed by atoms with Crippen molar-refractivity contribution < 1.29 is 14.3 Å². The van der Waals surface area contributed by atoms with E-state index in [1.54, 1.807) is 0 Å². The van der Waals surface area contributed by atoms with Crippen LogP contribution in [0.25, 0.3) is 0 Å². The van der Waals surface area contributed by atoms with Crippen LogP contribution < -0.4 is 0 Å². The molecule has 16 heavy (non-hydrogen) atoms. The van der Waals surface area contributed by atoms with Crippen molar-refractivity contribution >= 4 is 5.97 Å². The van der Waals surface area contributed by atoms with Crippen molar-refractivity contribution in [3.63, 3.8) is 0 Å². The topological polar surface area (TPSA) is 38.8 Å². The number of hydrogen-bond acceptors (Lipinski definition) is 4. The molecule has 1 saturated heterocycles. The summed E-state index contributed by atoms with van der Waals surface area (Å²) in [5.74, 6) is -0.143. The van der Waals surface area contributed by atoms with Crippen molar-refractivity contribution in [3.05, 3.63) is 0 Å². The van der Waals surface area contributed by atoms with Crippen LogP contribution in [0.3, 0.4) is 0 Å². The highest BCUT2D eigenvalue weighted by Gasteiger charge is 2.38. The first-order chi connectivity index (χ1) is 7.70. The largest absolute Gasteiger partial charge is 0.458 e. The predicted octanol–water partition coefficient (Wildman–Crippen LogP) is 1.19. The van der Waals surface area contributed by atoms with E-state index in [2.05, 4.69) is 4.90 Å². The predicted molar refractivity (Wildman–Crippen MR) is 60.2 cm³/mol. The zero-order chi connectivity index (χ0) is 11.4. The van der Waals surface area contributed by atoms with Gasteiger partial charge in [0, 0.05) is 26.6 Å². The molecule has 0 amide bonds. The van der Waals surface area contributed by atoms with Crippen LogP contribution in [0.4, 0.5) is 0 Å². The van der Waals surface area contributed by atoms with Gasteiger partial charge in [0.05, 0.1) is 13.2 Å². The molecule has 0 aromatic carbocycles. The van der Waals surface area contributed by atoms with Crippen molar-refractivity contribution in [2.45, 2.75) is 38.2 Å². The van der Waals surface area contributed by atoms with Crippen molar-refractivity contribution in [3.8, 4) is 0 Å². The van der Waals surface area contributed by atoms with Crippen molar-refractivity contribution in [2.75, 3.05) is 32.8 Å². The Bertz CT molecular complexity index is 243. The van der Waals surface area contributed by atoms with Gasteiger partial charge < -0.3 is 9.47 Å². The van der Waals surface area contributed by atoms with Gasteiger partial charge in [0.15, 0.2) is 0 Å². The third kappa shape index (κ3) is 2.95. The Morgan fingerprint density at radius 3 is 2.50 bits per heavy atom. The Morgan fingerprint density at radius 1 is 1.31 bits per heavy atom. The molecule has 0 atom stereocenters. The van der Waals surface area contributed by atoms with Crippen LogP contribution in [0.2, 0.25) is 0 Å². The van der Waals surface area contributed by atoms with Gasteiger partial charge in [-0.25, -0.2) is 0 Å². The number of nitrogens with zero attached hydrogens (tertiary/aromatic N) is 1. The Kier molecular flexibility index (Phi) is 3.82. The molecule has 1 heterocycles. The molecule has 1 aliphatic heterocycles. The fourth-order valence-corrected chi connectivity index (χ4v) is 2.78. The quantitative estimate of drug-likeness (QED) is 0.679. The summed E-state index contributed by atoms with van der Waals surface area (Å²) in [6.07, 6.45) is 4.39. The maximum atomic E-state index is 11.2. The lowest BCUT2D eigenvalue weighted by Crippen LogP contribution is -2.48. The normalized spacial score (nSPS) is 25.6. The van der Waals surface area contributed by atoms with Gasteiger partial charge >= 0.3 is 5.97 Å². The third-order valence-electron chi connectivity index (χ3n) is 3.49. The zero-order valence-electron chi connectivity index (χ0n) is 10.0. The molecule has 0 bridgehead atoms. The van der Waals surface area contributed by atoms with E-state index < -0.39 is 0 Å². The van der Waals surface area contributed by atoms with E-state index in [0.717, 1.165) is 45.7 Å². The minimum atomic E-state index is -0.205. The molecule has 0 aromatic rings. The van der Waals surface area contributed by atoms with Crippen LogP contribution in [0.15, 0.2) is 0 Å². The molecule has 2 rings (SSSR count). The van der Waals surface area contributed by atoms with Crippen LogP contribution in [-0.4, -0.2) is 49.3 Å². The van der Waals surface area contributed by atoms with E-state index >= 15 is 0 Å². The second-order valence-electron chi connectivity index (χ2n) is 4.87. The monoisotopic (exact) mass is 227 g/mol. The molecule has 1 aliphatic carbocycles. The maximum absolute atomic E-state index is 11.2. The third-order valence-corrected chi connectivity index (χ3v) is 3.49. The van der Waals surface area contributed by atoms with Gasteiger partial charge in [0.1, 0.15) is 5.60 Å². The van der Waals surface area contributed by atoms with Gasteiger partial charge in [0.25, 0.3) is 0 Å². The molecule has 4 heteroatoms. The van der Waals surface area contributed by atoms with Gasteiger partial charge in [-0.3, -0.25) is 9.69 Å². The Hall–Kier alpha value is -0.610. The second kappa shape index (κ2) is 5.15. The molecule has 4 nitrogen and oxygen atoms in total. The number of hydrogen-bond donors (Lipinski definition) is 0. The number of carbonyl (C=O) groups is 1. The number of carbonyl (C=O) groups excluding carboxylic acids is 1. The highest BCUT2D eigenvalue weighted by atomic mass is 16.6. The van der Waals surface area contributed by atoms with E-state index in [-0.39, 0.29) is 11.6 Å². The van der Waals surface area contributed by atoms with Crippen LogP contribution >= 0.6 is 0 Å². The Balaban J connectivity index is 1.93. The summed E-state index contributed by atoms with van der Waals surface area (Å²) < 4.78 is 10.9. The van der Waals surface area contributed by atoms with E-state index in [4.69, 9.17) is 9.47 Å². The van der Waals surface area contributed by atoms with Gasteiger partial charge in [-0.1, -0.05) is 0 Å². The van der Waals surface area contributed by atoms with Crippen molar-refractivity contribution in [2.24, 2.45) is 0 Å². The fraction of sp³-hybridized carbons (Fsp3) is 0.917. The lowest BCUT2D eigenvalue weighted by molar-refractivity contribution is -0.159. The molecule has 2 fully saturated rings. The average molecular weight is 227 g/mol. The second-order valence-corrected chi connectivity index (χ2v) is 4.87. The molecular formula is C12H21NO3. The molecule has 92 valence electrons. The van der Waals surface area contributed by atoms with Gasteiger partial charge in [-0.05, 0) is 25.7 Å². The minimum absolute atomic E-state index is 0.143. The molecule has 0 spiro atoms. The highest BCUT2D eigenvalue weighted by molar-refractivity contribution is 5.66. The van der Waals surface area contributed by atoms with Gasteiger partial charge in [0.2, 0.25) is 0 Å². The summed E-state index contributed by atoms with van der Waals surface area (Å²) in [5.41, 5.74) is -0.205. The molecule has 0 N–H and O–H groups in total. The molecule has 2 aliphatic rings. The average Bonchev–Trinajstić information content (AvgIpc) is 2.66. The lowest BCUT2D eigenvalue weighted by atomic mass is 10.0. The molecule has 0 aromatic heterocycles. The van der Waals surface area contributed by atoms with E-state index in [9.17, 15) is 4.79 Å². The standard InChI is InChI=1S/C12H21NO3/c1-11(14)16-12(4-2-3-5-12)10-13-6-8-15-9-7-13/h2-10H2,1H3. The first-order valence-corrected chi connectivity index (χ1v) is 6.20. The zero-order valence-corrected chi connectivity index (χ0v) is 10.0. The van der Waals surface area contributed by atoms with E-state index in [1.165, 1.54) is 19.8 Å². The van der Waals surface area contributed by atoms with Crippen molar-refractivity contribution in [1.29, 1.82) is 0 Å². The molecular weight excluding hydrogens is 206 g/mol. The fourth-order valence-electron chi connectivity index (χ4n) is 2.78. The maximum Gasteiger partial charge on any atom is 0.303 e. The number of morpholine rings is 1. The van der Waals surface area contributed by atoms with Crippen LogP contribution in [0.1, 0.15) is 32.6 Å². The van der Waals surface area contributed by atoms with E-state index in [0.29, 0.717) is 0 Å². The van der Waals surface area contributed by atoms with Crippen LogP contribution in [-0.2, 0) is 14.3 Å². The first kappa shape index (κ1) is 11.9. The summed E-state index contributed by atoms with van der Waals surface area (Å²) in [6.45, 7) is 5.92. The van der Waals surface area contributed by atoms with Gasteiger partial charge in [-0.2, -0.15) is 0 Å². The highest BCUT2D eigenvalue weighted by Crippen LogP contribution is 2.34. The van der Waals surface area contributed by atoms with Crippen molar-refractivity contribution in [1.82, 2.24) is 4.90 Å². The van der Waals surface area contributed by atoms with Gasteiger partial charge in [-0.15, -0.1) is 0 Å². The number of ether oxygens (including phenoxy) is 2. The molecule has 0 radical (unpaired) electrons. The lowest BCUT2D eigenvalue weighted by Gasteiger charge is -2.36. The summed E-state index contributed by atoms with van der Waals surface area (Å²) in [4.78, 5) is 13.5. The molecule has 1 saturated carbocycles. The Morgan fingerprint density at radius 2 is 1.94 bits per heavy atom. The smallest absolute Gasteiger partial charge is 0.303 e. The first-order valence-electron chi connectivity index (χ1n) is 6.20. The minimum Gasteiger partial charge on any atom is -0.458 e. The summed E-state index contributed by atoms with van der Waals surface area (Å²) >= 11 is 0. The number of esters is 1. The summed E-state index contributed by atoms with van der Waals surface area (Å²) in [7, 11) is 0. The summed E-state index contributed by atoms with van der Waals surface area (Å²) in [5, 5.41) is 0.